The average molecular weight is 276 g/mol. The molecular formula is C15H20N2O3. The van der Waals surface area contributed by atoms with Gasteiger partial charge in [-0.15, -0.1) is 0 Å². The summed E-state index contributed by atoms with van der Waals surface area (Å²) in [6.45, 7) is 6.90. The van der Waals surface area contributed by atoms with E-state index in [9.17, 15) is 4.79 Å². The van der Waals surface area contributed by atoms with Crippen LogP contribution in [0, 0.1) is 0 Å². The van der Waals surface area contributed by atoms with Gasteiger partial charge in [0.15, 0.2) is 11.5 Å². The molecule has 1 fully saturated rings. The highest BCUT2D eigenvalue weighted by molar-refractivity contribution is 5.95. The number of hydrogen-bond donors (Lipinski definition) is 1. The van der Waals surface area contributed by atoms with Crippen molar-refractivity contribution in [1.82, 2.24) is 10.2 Å². The third-order valence-electron chi connectivity index (χ3n) is 3.85. The minimum absolute atomic E-state index is 0.0588. The lowest BCUT2D eigenvalue weighted by atomic mass is 10.1. The molecule has 1 N–H and O–H groups in total. The van der Waals surface area contributed by atoms with Crippen LogP contribution in [0.15, 0.2) is 18.2 Å². The van der Waals surface area contributed by atoms with Crippen LogP contribution in [0.25, 0.3) is 0 Å². The molecule has 1 aromatic carbocycles. The molecule has 5 nitrogen and oxygen atoms in total. The molecule has 2 aliphatic rings. The molecule has 2 unspecified atom stereocenters. The van der Waals surface area contributed by atoms with Crippen molar-refractivity contribution in [3.63, 3.8) is 0 Å². The van der Waals surface area contributed by atoms with Gasteiger partial charge in [-0.1, -0.05) is 0 Å². The maximum atomic E-state index is 12.7. The normalized spacial score (nSPS) is 25.4. The Kier molecular flexibility index (Phi) is 3.53. The molecule has 1 amide bonds. The van der Waals surface area contributed by atoms with Gasteiger partial charge in [-0.05, 0) is 32.0 Å². The van der Waals surface area contributed by atoms with Crippen LogP contribution >= 0.6 is 0 Å². The molecule has 108 valence electrons. The van der Waals surface area contributed by atoms with E-state index >= 15 is 0 Å². The van der Waals surface area contributed by atoms with Gasteiger partial charge < -0.3 is 19.7 Å². The topological polar surface area (TPSA) is 50.8 Å². The Hall–Kier alpha value is -1.75. The molecule has 2 heterocycles. The fourth-order valence-electron chi connectivity index (χ4n) is 2.86. The maximum Gasteiger partial charge on any atom is 0.254 e. The zero-order chi connectivity index (χ0) is 14.1. The van der Waals surface area contributed by atoms with Crippen LogP contribution in [0.2, 0.25) is 0 Å². The molecule has 0 radical (unpaired) electrons. The number of piperazine rings is 1. The van der Waals surface area contributed by atoms with E-state index in [2.05, 4.69) is 19.2 Å². The Morgan fingerprint density at radius 3 is 2.50 bits per heavy atom. The second-order valence-corrected chi connectivity index (χ2v) is 5.43. The van der Waals surface area contributed by atoms with Crippen LogP contribution < -0.4 is 14.8 Å². The zero-order valence-corrected chi connectivity index (χ0v) is 11.9. The SMILES string of the molecule is CC1CNCC(C)N1C(=O)c1ccc2c(c1)OCCO2. The van der Waals surface area contributed by atoms with Crippen molar-refractivity contribution in [3.05, 3.63) is 23.8 Å². The van der Waals surface area contributed by atoms with Crippen LogP contribution in [0.5, 0.6) is 11.5 Å². The fourth-order valence-corrected chi connectivity index (χ4v) is 2.86. The third-order valence-corrected chi connectivity index (χ3v) is 3.85. The molecular weight excluding hydrogens is 256 g/mol. The number of hydrogen-bond acceptors (Lipinski definition) is 4. The molecule has 3 rings (SSSR count). The molecule has 0 saturated carbocycles. The van der Waals surface area contributed by atoms with Gasteiger partial charge in [0, 0.05) is 30.7 Å². The summed E-state index contributed by atoms with van der Waals surface area (Å²) >= 11 is 0. The molecule has 1 aromatic rings. The molecule has 20 heavy (non-hydrogen) atoms. The van der Waals surface area contributed by atoms with Crippen LogP contribution in [0.4, 0.5) is 0 Å². The highest BCUT2D eigenvalue weighted by Gasteiger charge is 2.30. The largest absolute Gasteiger partial charge is 0.486 e. The summed E-state index contributed by atoms with van der Waals surface area (Å²) in [6, 6.07) is 5.81. The van der Waals surface area contributed by atoms with Gasteiger partial charge in [-0.3, -0.25) is 4.79 Å². The van der Waals surface area contributed by atoms with Gasteiger partial charge in [0.1, 0.15) is 13.2 Å². The van der Waals surface area contributed by atoms with Crippen molar-refractivity contribution in [2.24, 2.45) is 0 Å². The Bertz CT molecular complexity index is 508. The highest BCUT2D eigenvalue weighted by atomic mass is 16.6. The quantitative estimate of drug-likeness (QED) is 0.839. The van der Waals surface area contributed by atoms with Crippen molar-refractivity contribution >= 4 is 5.91 Å². The lowest BCUT2D eigenvalue weighted by Gasteiger charge is -2.39. The van der Waals surface area contributed by atoms with Crippen molar-refractivity contribution in [1.29, 1.82) is 0 Å². The van der Waals surface area contributed by atoms with Gasteiger partial charge in [-0.2, -0.15) is 0 Å². The number of benzene rings is 1. The summed E-state index contributed by atoms with van der Waals surface area (Å²) in [6.07, 6.45) is 0. The van der Waals surface area contributed by atoms with E-state index in [0.29, 0.717) is 30.3 Å². The van der Waals surface area contributed by atoms with E-state index in [1.54, 1.807) is 6.07 Å². The van der Waals surface area contributed by atoms with E-state index < -0.39 is 0 Å². The number of amides is 1. The average Bonchev–Trinajstić information content (AvgIpc) is 2.46. The standard InChI is InChI=1S/C15H20N2O3/c1-10-8-16-9-11(2)17(10)15(18)12-3-4-13-14(7-12)20-6-5-19-13/h3-4,7,10-11,16H,5-6,8-9H2,1-2H3. The van der Waals surface area contributed by atoms with E-state index in [0.717, 1.165) is 13.1 Å². The van der Waals surface area contributed by atoms with Crippen LogP contribution in [-0.2, 0) is 0 Å². The predicted molar refractivity (Wildman–Crippen MR) is 75.4 cm³/mol. The fraction of sp³-hybridized carbons (Fsp3) is 0.533. The van der Waals surface area contributed by atoms with E-state index in [1.807, 2.05) is 17.0 Å². The highest BCUT2D eigenvalue weighted by Crippen LogP contribution is 2.31. The summed E-state index contributed by atoms with van der Waals surface area (Å²) in [7, 11) is 0. The smallest absolute Gasteiger partial charge is 0.254 e. The van der Waals surface area contributed by atoms with Crippen molar-refractivity contribution < 1.29 is 14.3 Å². The Balaban J connectivity index is 1.86. The first-order valence-electron chi connectivity index (χ1n) is 7.10. The first-order valence-corrected chi connectivity index (χ1v) is 7.10. The van der Waals surface area contributed by atoms with E-state index in [-0.39, 0.29) is 18.0 Å². The van der Waals surface area contributed by atoms with Crippen molar-refractivity contribution in [3.8, 4) is 11.5 Å². The van der Waals surface area contributed by atoms with Gasteiger partial charge in [-0.25, -0.2) is 0 Å². The predicted octanol–water partition coefficient (Wildman–Crippen LogP) is 1.28. The second kappa shape index (κ2) is 5.32. The van der Waals surface area contributed by atoms with Gasteiger partial charge >= 0.3 is 0 Å². The molecule has 0 aliphatic carbocycles. The monoisotopic (exact) mass is 276 g/mol. The Morgan fingerprint density at radius 2 is 1.80 bits per heavy atom. The number of fused-ring (bicyclic) bond motifs is 1. The number of ether oxygens (including phenoxy) is 2. The lowest BCUT2D eigenvalue weighted by molar-refractivity contribution is 0.0543. The minimum atomic E-state index is 0.0588. The molecule has 0 aromatic heterocycles. The number of carbonyl (C=O) groups excluding carboxylic acids is 1. The first kappa shape index (κ1) is 13.2. The number of rotatable bonds is 1. The summed E-state index contributed by atoms with van der Waals surface area (Å²) in [4.78, 5) is 14.7. The van der Waals surface area contributed by atoms with E-state index in [4.69, 9.17) is 9.47 Å². The summed E-state index contributed by atoms with van der Waals surface area (Å²) in [5.74, 6) is 1.44. The molecule has 0 bridgehead atoms. The van der Waals surface area contributed by atoms with Gasteiger partial charge in [0.2, 0.25) is 0 Å². The number of carbonyl (C=O) groups is 1. The van der Waals surface area contributed by atoms with Gasteiger partial charge in [0.05, 0.1) is 0 Å². The van der Waals surface area contributed by atoms with Crippen LogP contribution in [0.3, 0.4) is 0 Å². The zero-order valence-electron chi connectivity index (χ0n) is 11.9. The second-order valence-electron chi connectivity index (χ2n) is 5.43. The molecule has 1 saturated heterocycles. The van der Waals surface area contributed by atoms with Crippen molar-refractivity contribution in [2.75, 3.05) is 26.3 Å². The summed E-state index contributed by atoms with van der Waals surface area (Å²) in [5.41, 5.74) is 0.662. The molecule has 2 aliphatic heterocycles. The Labute approximate surface area is 118 Å². The summed E-state index contributed by atoms with van der Waals surface area (Å²) in [5, 5.41) is 3.33. The van der Waals surface area contributed by atoms with Crippen LogP contribution in [-0.4, -0.2) is 49.2 Å². The third kappa shape index (κ3) is 2.33. The molecule has 0 spiro atoms. The lowest BCUT2D eigenvalue weighted by Crippen LogP contribution is -2.57. The number of nitrogens with zero attached hydrogens (tertiary/aromatic N) is 1. The van der Waals surface area contributed by atoms with E-state index in [1.165, 1.54) is 0 Å². The molecule has 5 heteroatoms. The maximum absolute atomic E-state index is 12.7. The minimum Gasteiger partial charge on any atom is -0.486 e. The number of nitrogens with one attached hydrogen (secondary N) is 1. The van der Waals surface area contributed by atoms with Crippen LogP contribution in [0.1, 0.15) is 24.2 Å². The Morgan fingerprint density at radius 1 is 1.15 bits per heavy atom. The first-order chi connectivity index (χ1) is 9.66. The summed E-state index contributed by atoms with van der Waals surface area (Å²) < 4.78 is 11.0. The van der Waals surface area contributed by atoms with Gasteiger partial charge in [0.25, 0.3) is 5.91 Å². The molecule has 2 atom stereocenters. The van der Waals surface area contributed by atoms with Crippen molar-refractivity contribution in [2.45, 2.75) is 25.9 Å².